The van der Waals surface area contributed by atoms with Crippen LogP contribution in [0.2, 0.25) is 0 Å². The summed E-state index contributed by atoms with van der Waals surface area (Å²) in [5.74, 6) is 0.974. The Morgan fingerprint density at radius 1 is 1.24 bits per heavy atom. The van der Waals surface area contributed by atoms with Crippen molar-refractivity contribution in [2.24, 2.45) is 5.10 Å². The number of hydrogen-bond donors (Lipinski definition) is 2. The Bertz CT molecular complexity index is 1290. The Balaban J connectivity index is 1.48. The number of fused-ring (bicyclic) bond motifs is 1. The maximum atomic E-state index is 12.7. The van der Waals surface area contributed by atoms with Crippen molar-refractivity contribution in [2.75, 3.05) is 36.6 Å². The molecule has 10 nitrogen and oxygen atoms in total. The maximum absolute atomic E-state index is 12.7. The standard InChI is InChI=1S/C23H24N8O2/c1-16-4-2-5-17(12-16)13-26-29-21-20-22(28-23(27-21)30-8-10-33-11-9-30)31(15-25-20)14-19(32)18-6-3-7-24-18/h2-7,12-13,15,24H,8-11,14H2,1H3,(H,27,28,29)/b26-13+. The lowest BCUT2D eigenvalue weighted by molar-refractivity contribution is 0.0969. The van der Waals surface area contributed by atoms with Crippen LogP contribution >= 0.6 is 0 Å². The Morgan fingerprint density at radius 3 is 2.91 bits per heavy atom. The first kappa shape index (κ1) is 20.8. The molecule has 4 aromatic rings. The summed E-state index contributed by atoms with van der Waals surface area (Å²) in [4.78, 5) is 31.6. The van der Waals surface area contributed by atoms with Crippen LogP contribution in [0.4, 0.5) is 11.8 Å². The number of benzene rings is 1. The summed E-state index contributed by atoms with van der Waals surface area (Å²) >= 11 is 0. The molecule has 168 valence electrons. The second-order valence-corrected chi connectivity index (χ2v) is 7.81. The summed E-state index contributed by atoms with van der Waals surface area (Å²) in [7, 11) is 0. The van der Waals surface area contributed by atoms with Gasteiger partial charge >= 0.3 is 0 Å². The number of H-pyrrole nitrogens is 1. The molecule has 0 amide bonds. The number of anilines is 2. The molecular formula is C23H24N8O2. The number of carbonyl (C=O) groups excluding carboxylic acids is 1. The largest absolute Gasteiger partial charge is 0.378 e. The van der Waals surface area contributed by atoms with Crippen LogP contribution < -0.4 is 10.3 Å². The Labute approximate surface area is 190 Å². The molecule has 1 fully saturated rings. The first-order chi connectivity index (χ1) is 16.2. The zero-order valence-corrected chi connectivity index (χ0v) is 18.2. The number of aryl methyl sites for hydroxylation is 1. The lowest BCUT2D eigenvalue weighted by Crippen LogP contribution is -2.37. The number of nitrogens with one attached hydrogen (secondary N) is 2. The molecule has 5 rings (SSSR count). The number of ketones is 1. The molecule has 0 atom stereocenters. The third-order valence-electron chi connectivity index (χ3n) is 5.38. The number of imidazole rings is 1. The van der Waals surface area contributed by atoms with Crippen molar-refractivity contribution in [1.29, 1.82) is 0 Å². The number of aromatic amines is 1. The van der Waals surface area contributed by atoms with Crippen LogP contribution in [0.15, 0.2) is 54.0 Å². The predicted molar refractivity (Wildman–Crippen MR) is 126 cm³/mol. The number of aromatic nitrogens is 5. The summed E-state index contributed by atoms with van der Waals surface area (Å²) in [6.45, 7) is 4.75. The third kappa shape index (κ3) is 4.60. The molecule has 1 aliphatic rings. The highest BCUT2D eigenvalue weighted by Crippen LogP contribution is 2.23. The van der Waals surface area contributed by atoms with Crippen molar-refractivity contribution in [3.05, 3.63) is 65.7 Å². The van der Waals surface area contributed by atoms with Gasteiger partial charge in [-0.25, -0.2) is 4.98 Å². The maximum Gasteiger partial charge on any atom is 0.229 e. The summed E-state index contributed by atoms with van der Waals surface area (Å²) < 4.78 is 7.20. The van der Waals surface area contributed by atoms with E-state index in [1.807, 2.05) is 31.2 Å². The number of hydrogen-bond acceptors (Lipinski definition) is 8. The van der Waals surface area contributed by atoms with Crippen molar-refractivity contribution in [2.45, 2.75) is 13.5 Å². The molecule has 0 radical (unpaired) electrons. The Morgan fingerprint density at radius 2 is 2.12 bits per heavy atom. The molecule has 0 bridgehead atoms. The van der Waals surface area contributed by atoms with Gasteiger partial charge in [0.05, 0.1) is 38.0 Å². The van der Waals surface area contributed by atoms with E-state index < -0.39 is 0 Å². The van der Waals surface area contributed by atoms with Gasteiger partial charge < -0.3 is 19.2 Å². The van der Waals surface area contributed by atoms with Crippen molar-refractivity contribution >= 4 is 34.9 Å². The van der Waals surface area contributed by atoms with E-state index in [-0.39, 0.29) is 12.3 Å². The van der Waals surface area contributed by atoms with Crippen molar-refractivity contribution in [3.63, 3.8) is 0 Å². The van der Waals surface area contributed by atoms with E-state index in [1.165, 1.54) is 0 Å². The number of rotatable bonds is 7. The summed E-state index contributed by atoms with van der Waals surface area (Å²) in [6.07, 6.45) is 5.08. The molecule has 1 aromatic carbocycles. The number of Topliss-reactive ketones (excluding diaryl/α,β-unsaturated/α-hetero) is 1. The minimum atomic E-state index is -0.0576. The van der Waals surface area contributed by atoms with Gasteiger partial charge in [-0.05, 0) is 24.6 Å². The lowest BCUT2D eigenvalue weighted by atomic mass is 10.2. The van der Waals surface area contributed by atoms with Gasteiger partial charge in [-0.2, -0.15) is 15.1 Å². The van der Waals surface area contributed by atoms with E-state index >= 15 is 0 Å². The molecule has 33 heavy (non-hydrogen) atoms. The number of carbonyl (C=O) groups is 1. The van der Waals surface area contributed by atoms with E-state index in [0.29, 0.717) is 54.9 Å². The van der Waals surface area contributed by atoms with E-state index in [9.17, 15) is 4.79 Å². The fraction of sp³-hybridized carbons (Fsp3) is 0.261. The quantitative estimate of drug-likeness (QED) is 0.256. The van der Waals surface area contributed by atoms with Gasteiger partial charge in [0.25, 0.3) is 0 Å². The SMILES string of the molecule is Cc1cccc(/C=N/Nc2nc(N3CCOCC3)nc3c2ncn3CC(=O)c2ccc[nH]2)c1. The normalized spacial score (nSPS) is 14.3. The molecule has 0 spiro atoms. The van der Waals surface area contributed by atoms with E-state index in [1.54, 1.807) is 35.4 Å². The first-order valence-electron chi connectivity index (χ1n) is 10.8. The van der Waals surface area contributed by atoms with E-state index in [4.69, 9.17) is 9.72 Å². The number of ether oxygens (including phenoxy) is 1. The number of morpholine rings is 1. The fourth-order valence-electron chi connectivity index (χ4n) is 3.69. The topological polar surface area (TPSA) is 113 Å². The van der Waals surface area contributed by atoms with Gasteiger partial charge in [0, 0.05) is 19.3 Å². The van der Waals surface area contributed by atoms with Gasteiger partial charge in [-0.1, -0.05) is 29.8 Å². The molecule has 0 unspecified atom stereocenters. The molecule has 0 aliphatic carbocycles. The highest BCUT2D eigenvalue weighted by atomic mass is 16.5. The Kier molecular flexibility index (Phi) is 5.81. The van der Waals surface area contributed by atoms with Gasteiger partial charge in [-0.15, -0.1) is 0 Å². The molecule has 1 aliphatic heterocycles. The van der Waals surface area contributed by atoms with Crippen molar-refractivity contribution < 1.29 is 9.53 Å². The molecule has 4 heterocycles. The second-order valence-electron chi connectivity index (χ2n) is 7.81. The monoisotopic (exact) mass is 444 g/mol. The van der Waals surface area contributed by atoms with Crippen LogP contribution in [-0.4, -0.2) is 62.8 Å². The van der Waals surface area contributed by atoms with Gasteiger partial charge in [0.1, 0.15) is 0 Å². The van der Waals surface area contributed by atoms with Crippen molar-refractivity contribution in [1.82, 2.24) is 24.5 Å². The lowest BCUT2D eigenvalue weighted by Gasteiger charge is -2.27. The predicted octanol–water partition coefficient (Wildman–Crippen LogP) is 2.63. The molecule has 0 saturated carbocycles. The average Bonchev–Trinajstić information content (AvgIpc) is 3.51. The molecule has 10 heteroatoms. The fourth-order valence-corrected chi connectivity index (χ4v) is 3.69. The molecular weight excluding hydrogens is 420 g/mol. The third-order valence-corrected chi connectivity index (χ3v) is 5.38. The average molecular weight is 444 g/mol. The second kappa shape index (κ2) is 9.21. The highest BCUT2D eigenvalue weighted by molar-refractivity contribution is 5.95. The van der Waals surface area contributed by atoms with Gasteiger partial charge in [0.2, 0.25) is 5.95 Å². The van der Waals surface area contributed by atoms with Gasteiger partial charge in [-0.3, -0.25) is 10.2 Å². The van der Waals surface area contributed by atoms with Crippen LogP contribution in [0.3, 0.4) is 0 Å². The summed E-state index contributed by atoms with van der Waals surface area (Å²) in [5.41, 5.74) is 6.81. The smallest absolute Gasteiger partial charge is 0.229 e. The molecule has 2 N–H and O–H groups in total. The molecule has 1 saturated heterocycles. The summed E-state index contributed by atoms with van der Waals surface area (Å²) in [5, 5.41) is 4.37. The minimum absolute atomic E-state index is 0.0576. The van der Waals surface area contributed by atoms with E-state index in [0.717, 1.165) is 11.1 Å². The van der Waals surface area contributed by atoms with Crippen LogP contribution in [0.5, 0.6) is 0 Å². The van der Waals surface area contributed by atoms with Crippen LogP contribution in [0, 0.1) is 6.92 Å². The zero-order chi connectivity index (χ0) is 22.6. The Hall–Kier alpha value is -4.05. The van der Waals surface area contributed by atoms with Crippen LogP contribution in [0.25, 0.3) is 11.2 Å². The molecule has 3 aromatic heterocycles. The van der Waals surface area contributed by atoms with Gasteiger partial charge in [0.15, 0.2) is 22.8 Å². The van der Waals surface area contributed by atoms with E-state index in [2.05, 4.69) is 30.4 Å². The first-order valence-corrected chi connectivity index (χ1v) is 10.8. The zero-order valence-electron chi connectivity index (χ0n) is 18.2. The van der Waals surface area contributed by atoms with Crippen LogP contribution in [-0.2, 0) is 11.3 Å². The van der Waals surface area contributed by atoms with Crippen molar-refractivity contribution in [3.8, 4) is 0 Å². The number of hydrazone groups is 1. The summed E-state index contributed by atoms with van der Waals surface area (Å²) in [6, 6.07) is 11.6. The minimum Gasteiger partial charge on any atom is -0.378 e. The number of nitrogens with zero attached hydrogens (tertiary/aromatic N) is 6. The van der Waals surface area contributed by atoms with Crippen LogP contribution in [0.1, 0.15) is 21.6 Å². The highest BCUT2D eigenvalue weighted by Gasteiger charge is 2.20.